The van der Waals surface area contributed by atoms with Gasteiger partial charge in [0.05, 0.1) is 5.69 Å². The molecule has 5 heteroatoms. The van der Waals surface area contributed by atoms with E-state index >= 15 is 0 Å². The van der Waals surface area contributed by atoms with Gasteiger partial charge in [0, 0.05) is 38.9 Å². The summed E-state index contributed by atoms with van der Waals surface area (Å²) in [5.74, 6) is 1.14. The van der Waals surface area contributed by atoms with Crippen molar-refractivity contribution in [3.8, 4) is 0 Å². The molecule has 0 amide bonds. The van der Waals surface area contributed by atoms with Crippen LogP contribution in [0.5, 0.6) is 0 Å². The van der Waals surface area contributed by atoms with Gasteiger partial charge in [-0.25, -0.2) is 4.98 Å². The number of anilines is 1. The Hall–Kier alpha value is -1.59. The lowest BCUT2D eigenvalue weighted by molar-refractivity contribution is 0.312. The molecule has 1 aliphatic rings. The standard InChI is InChI=1S/C15H23N5/c1-3-16-12-13-15(19-10-8-18(2)9-11-19)17-14-6-4-5-7-20(13)14/h4-7,16H,3,8-12H2,1-2H3. The number of piperazine rings is 1. The van der Waals surface area contributed by atoms with Crippen molar-refractivity contribution >= 4 is 11.5 Å². The fraction of sp³-hybridized carbons (Fsp3) is 0.533. The number of aromatic nitrogens is 2. The molecule has 0 aliphatic carbocycles. The highest BCUT2D eigenvalue weighted by Crippen LogP contribution is 2.22. The summed E-state index contributed by atoms with van der Waals surface area (Å²) in [6, 6.07) is 6.19. The topological polar surface area (TPSA) is 35.8 Å². The van der Waals surface area contributed by atoms with Crippen LogP contribution in [0.4, 0.5) is 5.82 Å². The molecule has 0 radical (unpaired) electrons. The zero-order valence-corrected chi connectivity index (χ0v) is 12.3. The van der Waals surface area contributed by atoms with Gasteiger partial charge in [-0.15, -0.1) is 0 Å². The number of fused-ring (bicyclic) bond motifs is 1. The second-order valence-corrected chi connectivity index (χ2v) is 5.38. The number of imidazole rings is 1. The summed E-state index contributed by atoms with van der Waals surface area (Å²) in [4.78, 5) is 9.63. The Morgan fingerprint density at radius 3 is 2.75 bits per heavy atom. The molecule has 2 aromatic rings. The summed E-state index contributed by atoms with van der Waals surface area (Å²) >= 11 is 0. The highest BCUT2D eigenvalue weighted by molar-refractivity contribution is 5.56. The van der Waals surface area contributed by atoms with Crippen molar-refractivity contribution in [1.29, 1.82) is 0 Å². The molecule has 1 saturated heterocycles. The molecule has 2 aromatic heterocycles. The van der Waals surface area contributed by atoms with E-state index in [1.165, 1.54) is 5.69 Å². The maximum Gasteiger partial charge on any atom is 0.152 e. The van der Waals surface area contributed by atoms with Crippen LogP contribution in [0.2, 0.25) is 0 Å². The molecule has 0 unspecified atom stereocenters. The van der Waals surface area contributed by atoms with Gasteiger partial charge in [0.15, 0.2) is 5.82 Å². The van der Waals surface area contributed by atoms with Gasteiger partial charge in [-0.1, -0.05) is 13.0 Å². The Labute approximate surface area is 120 Å². The minimum absolute atomic E-state index is 0.864. The lowest BCUT2D eigenvalue weighted by Crippen LogP contribution is -2.45. The van der Waals surface area contributed by atoms with Crippen molar-refractivity contribution in [3.05, 3.63) is 30.1 Å². The Morgan fingerprint density at radius 1 is 1.20 bits per heavy atom. The fourth-order valence-corrected chi connectivity index (χ4v) is 2.71. The first kappa shape index (κ1) is 13.4. The summed E-state index contributed by atoms with van der Waals surface area (Å²) < 4.78 is 2.20. The molecule has 20 heavy (non-hydrogen) atoms. The number of likely N-dealkylation sites (N-methyl/N-ethyl adjacent to an activating group) is 1. The predicted octanol–water partition coefficient (Wildman–Crippen LogP) is 1.20. The summed E-state index contributed by atoms with van der Waals surface area (Å²) in [6.45, 7) is 8.30. The average molecular weight is 273 g/mol. The second kappa shape index (κ2) is 5.81. The SMILES string of the molecule is CCNCc1c(N2CCN(C)CC2)nc2ccccn12. The monoisotopic (exact) mass is 273 g/mol. The number of hydrogen-bond acceptors (Lipinski definition) is 4. The van der Waals surface area contributed by atoms with Crippen LogP contribution in [0.3, 0.4) is 0 Å². The highest BCUT2D eigenvalue weighted by Gasteiger charge is 2.21. The van der Waals surface area contributed by atoms with Crippen molar-refractivity contribution in [2.75, 3.05) is 44.7 Å². The summed E-state index contributed by atoms with van der Waals surface area (Å²) in [5.41, 5.74) is 2.31. The molecule has 0 spiro atoms. The third kappa shape index (κ3) is 2.51. The molecular weight excluding hydrogens is 250 g/mol. The fourth-order valence-electron chi connectivity index (χ4n) is 2.71. The molecule has 1 fully saturated rings. The van der Waals surface area contributed by atoms with Gasteiger partial charge in [0.2, 0.25) is 0 Å². The van der Waals surface area contributed by atoms with E-state index in [1.807, 2.05) is 6.07 Å². The highest BCUT2D eigenvalue weighted by atomic mass is 15.3. The number of nitrogens with zero attached hydrogens (tertiary/aromatic N) is 4. The quantitative estimate of drug-likeness (QED) is 0.908. The first-order valence-corrected chi connectivity index (χ1v) is 7.39. The van der Waals surface area contributed by atoms with E-state index in [-0.39, 0.29) is 0 Å². The van der Waals surface area contributed by atoms with Crippen molar-refractivity contribution in [3.63, 3.8) is 0 Å². The Kier molecular flexibility index (Phi) is 3.89. The normalized spacial score (nSPS) is 17.0. The predicted molar refractivity (Wildman–Crippen MR) is 82.3 cm³/mol. The van der Waals surface area contributed by atoms with E-state index < -0.39 is 0 Å². The van der Waals surface area contributed by atoms with Crippen LogP contribution in [0.25, 0.3) is 5.65 Å². The van der Waals surface area contributed by atoms with Crippen molar-refractivity contribution < 1.29 is 0 Å². The summed E-state index contributed by atoms with van der Waals surface area (Å²) in [5, 5.41) is 3.43. The Balaban J connectivity index is 1.95. The van der Waals surface area contributed by atoms with E-state index in [1.54, 1.807) is 0 Å². The summed E-state index contributed by atoms with van der Waals surface area (Å²) in [6.07, 6.45) is 2.11. The van der Waals surface area contributed by atoms with Crippen LogP contribution in [0, 0.1) is 0 Å². The lowest BCUT2D eigenvalue weighted by atomic mass is 10.3. The third-order valence-corrected chi connectivity index (χ3v) is 3.95. The van der Waals surface area contributed by atoms with Gasteiger partial charge in [0.25, 0.3) is 0 Å². The molecule has 3 heterocycles. The van der Waals surface area contributed by atoms with E-state index in [0.717, 1.165) is 50.7 Å². The molecule has 3 rings (SSSR count). The molecule has 1 N–H and O–H groups in total. The number of rotatable bonds is 4. The second-order valence-electron chi connectivity index (χ2n) is 5.38. The van der Waals surface area contributed by atoms with Gasteiger partial charge >= 0.3 is 0 Å². The van der Waals surface area contributed by atoms with Gasteiger partial charge in [-0.05, 0) is 25.7 Å². The Morgan fingerprint density at radius 2 is 2.00 bits per heavy atom. The summed E-state index contributed by atoms with van der Waals surface area (Å²) in [7, 11) is 2.18. The zero-order valence-electron chi connectivity index (χ0n) is 12.3. The van der Waals surface area contributed by atoms with Crippen molar-refractivity contribution in [2.45, 2.75) is 13.5 Å². The molecule has 0 atom stereocenters. The molecule has 0 aromatic carbocycles. The molecular formula is C15H23N5. The lowest BCUT2D eigenvalue weighted by Gasteiger charge is -2.33. The van der Waals surface area contributed by atoms with Crippen LogP contribution in [-0.2, 0) is 6.54 Å². The Bertz CT molecular complexity index is 569. The number of pyridine rings is 1. The van der Waals surface area contributed by atoms with Crippen LogP contribution >= 0.6 is 0 Å². The molecule has 0 bridgehead atoms. The first-order valence-electron chi connectivity index (χ1n) is 7.39. The van der Waals surface area contributed by atoms with Gasteiger partial charge < -0.3 is 19.5 Å². The minimum atomic E-state index is 0.864. The van der Waals surface area contributed by atoms with Crippen molar-refractivity contribution in [1.82, 2.24) is 19.6 Å². The van der Waals surface area contributed by atoms with Crippen LogP contribution in [0.1, 0.15) is 12.6 Å². The van der Waals surface area contributed by atoms with Crippen LogP contribution < -0.4 is 10.2 Å². The minimum Gasteiger partial charge on any atom is -0.352 e. The van der Waals surface area contributed by atoms with E-state index in [4.69, 9.17) is 4.98 Å². The third-order valence-electron chi connectivity index (χ3n) is 3.95. The van der Waals surface area contributed by atoms with Gasteiger partial charge in [0.1, 0.15) is 5.65 Å². The molecule has 108 valence electrons. The first-order chi connectivity index (χ1) is 9.79. The maximum absolute atomic E-state index is 4.84. The van der Waals surface area contributed by atoms with E-state index in [0.29, 0.717) is 0 Å². The maximum atomic E-state index is 4.84. The van der Waals surface area contributed by atoms with Gasteiger partial charge in [-0.2, -0.15) is 0 Å². The largest absolute Gasteiger partial charge is 0.352 e. The van der Waals surface area contributed by atoms with Crippen LogP contribution in [0.15, 0.2) is 24.4 Å². The number of hydrogen-bond donors (Lipinski definition) is 1. The average Bonchev–Trinajstić information content (AvgIpc) is 2.84. The molecule has 5 nitrogen and oxygen atoms in total. The molecule has 1 aliphatic heterocycles. The molecule has 0 saturated carbocycles. The van der Waals surface area contributed by atoms with E-state index in [2.05, 4.69) is 51.8 Å². The van der Waals surface area contributed by atoms with E-state index in [9.17, 15) is 0 Å². The van der Waals surface area contributed by atoms with Crippen LogP contribution in [-0.4, -0.2) is 54.1 Å². The van der Waals surface area contributed by atoms with Gasteiger partial charge in [-0.3, -0.25) is 0 Å². The zero-order chi connectivity index (χ0) is 13.9. The van der Waals surface area contributed by atoms with Crippen molar-refractivity contribution in [2.24, 2.45) is 0 Å². The smallest absolute Gasteiger partial charge is 0.152 e. The number of nitrogens with one attached hydrogen (secondary N) is 1.